The van der Waals surface area contributed by atoms with Crippen LogP contribution in [0.1, 0.15) is 25.7 Å². The monoisotopic (exact) mass is 153 g/mol. The van der Waals surface area contributed by atoms with Gasteiger partial charge in [0.2, 0.25) is 0 Å². The minimum Gasteiger partial charge on any atom is -0.314 e. The van der Waals surface area contributed by atoms with E-state index in [1.54, 1.807) is 0 Å². The first-order valence-electron chi connectivity index (χ1n) is 4.60. The Labute approximate surface area is 67.4 Å². The fourth-order valence-corrected chi connectivity index (χ4v) is 2.57. The maximum atomic E-state index is 10.7. The van der Waals surface area contributed by atoms with E-state index in [2.05, 4.69) is 5.32 Å². The van der Waals surface area contributed by atoms with Gasteiger partial charge in [0.05, 0.1) is 0 Å². The molecule has 1 aliphatic carbocycles. The minimum absolute atomic E-state index is 0.365. The average molecular weight is 153 g/mol. The van der Waals surface area contributed by atoms with Gasteiger partial charge in [-0.05, 0) is 31.7 Å². The van der Waals surface area contributed by atoms with Crippen LogP contribution in [0.2, 0.25) is 0 Å². The molecule has 3 unspecified atom stereocenters. The summed E-state index contributed by atoms with van der Waals surface area (Å²) in [6, 6.07) is 0.666. The molecule has 0 aromatic rings. The highest BCUT2D eigenvalue weighted by Gasteiger charge is 2.35. The van der Waals surface area contributed by atoms with Crippen LogP contribution in [0, 0.1) is 11.8 Å². The fourth-order valence-electron chi connectivity index (χ4n) is 2.57. The average Bonchev–Trinajstić information content (AvgIpc) is 2.50. The first-order valence-corrected chi connectivity index (χ1v) is 4.60. The summed E-state index contributed by atoms with van der Waals surface area (Å²) in [5, 5.41) is 3.49. The Kier molecular flexibility index (Phi) is 1.95. The molecule has 1 saturated heterocycles. The Morgan fingerprint density at radius 1 is 1.27 bits per heavy atom. The summed E-state index contributed by atoms with van der Waals surface area (Å²) in [7, 11) is 0. The second-order valence-corrected chi connectivity index (χ2v) is 3.74. The SMILES string of the molecule is O=CC1CCNC2CCCC12. The van der Waals surface area contributed by atoms with Crippen molar-refractivity contribution in [3.63, 3.8) is 0 Å². The van der Waals surface area contributed by atoms with Crippen molar-refractivity contribution in [2.75, 3.05) is 6.54 Å². The summed E-state index contributed by atoms with van der Waals surface area (Å²) in [6.07, 6.45) is 6.09. The number of aldehydes is 1. The molecule has 2 fully saturated rings. The number of carbonyl (C=O) groups excluding carboxylic acids is 1. The molecule has 2 nitrogen and oxygen atoms in total. The molecule has 1 aliphatic heterocycles. The van der Waals surface area contributed by atoms with Crippen molar-refractivity contribution >= 4 is 6.29 Å². The Balaban J connectivity index is 2.06. The molecule has 0 aromatic heterocycles. The molecule has 0 aromatic carbocycles. The van der Waals surface area contributed by atoms with E-state index < -0.39 is 0 Å². The van der Waals surface area contributed by atoms with E-state index in [4.69, 9.17) is 0 Å². The van der Waals surface area contributed by atoms with Gasteiger partial charge in [0.15, 0.2) is 0 Å². The number of carbonyl (C=O) groups is 1. The quantitative estimate of drug-likeness (QED) is 0.568. The van der Waals surface area contributed by atoms with Gasteiger partial charge in [0.1, 0.15) is 6.29 Å². The van der Waals surface area contributed by atoms with Crippen molar-refractivity contribution in [3.8, 4) is 0 Å². The van der Waals surface area contributed by atoms with Crippen LogP contribution in [0.15, 0.2) is 0 Å². The topological polar surface area (TPSA) is 29.1 Å². The largest absolute Gasteiger partial charge is 0.314 e. The van der Waals surface area contributed by atoms with Crippen LogP contribution >= 0.6 is 0 Å². The number of fused-ring (bicyclic) bond motifs is 1. The lowest BCUT2D eigenvalue weighted by Crippen LogP contribution is -2.43. The van der Waals surface area contributed by atoms with Crippen molar-refractivity contribution in [3.05, 3.63) is 0 Å². The molecule has 0 radical (unpaired) electrons. The Hall–Kier alpha value is -0.370. The molecule has 2 rings (SSSR count). The third-order valence-corrected chi connectivity index (χ3v) is 3.18. The smallest absolute Gasteiger partial charge is 0.123 e. The number of hydrogen-bond donors (Lipinski definition) is 1. The number of nitrogens with one attached hydrogen (secondary N) is 1. The van der Waals surface area contributed by atoms with Crippen LogP contribution in [-0.2, 0) is 4.79 Å². The summed E-state index contributed by atoms with van der Waals surface area (Å²) >= 11 is 0. The predicted molar refractivity (Wildman–Crippen MR) is 43.3 cm³/mol. The molecule has 1 N–H and O–H groups in total. The standard InChI is InChI=1S/C9H15NO/c11-6-7-4-5-10-9-3-1-2-8(7)9/h6-10H,1-5H2. The summed E-state index contributed by atoms with van der Waals surface area (Å²) in [5.41, 5.74) is 0. The van der Waals surface area contributed by atoms with Gasteiger partial charge >= 0.3 is 0 Å². The van der Waals surface area contributed by atoms with Gasteiger partial charge in [-0.15, -0.1) is 0 Å². The molecule has 11 heavy (non-hydrogen) atoms. The van der Waals surface area contributed by atoms with E-state index in [-0.39, 0.29) is 0 Å². The van der Waals surface area contributed by atoms with E-state index in [9.17, 15) is 4.79 Å². The lowest BCUT2D eigenvalue weighted by Gasteiger charge is -2.31. The van der Waals surface area contributed by atoms with Crippen LogP contribution in [0.5, 0.6) is 0 Å². The summed E-state index contributed by atoms with van der Waals surface area (Å²) in [5.74, 6) is 1.03. The third-order valence-electron chi connectivity index (χ3n) is 3.18. The first-order chi connectivity index (χ1) is 5.42. The van der Waals surface area contributed by atoms with E-state index in [1.807, 2.05) is 0 Å². The summed E-state index contributed by atoms with van der Waals surface area (Å²) in [6.45, 7) is 1.05. The lowest BCUT2D eigenvalue weighted by molar-refractivity contribution is -0.113. The zero-order chi connectivity index (χ0) is 7.68. The number of hydrogen-bond acceptors (Lipinski definition) is 2. The zero-order valence-corrected chi connectivity index (χ0v) is 6.75. The Morgan fingerprint density at radius 2 is 2.18 bits per heavy atom. The number of rotatable bonds is 1. The highest BCUT2D eigenvalue weighted by atomic mass is 16.1. The van der Waals surface area contributed by atoms with E-state index in [0.717, 1.165) is 13.0 Å². The summed E-state index contributed by atoms with van der Waals surface area (Å²) in [4.78, 5) is 10.7. The fraction of sp³-hybridized carbons (Fsp3) is 0.889. The molecule has 0 amide bonds. The van der Waals surface area contributed by atoms with Gasteiger partial charge in [-0.25, -0.2) is 0 Å². The normalized spacial score (nSPS) is 43.5. The maximum Gasteiger partial charge on any atom is 0.123 e. The second-order valence-electron chi connectivity index (χ2n) is 3.74. The van der Waals surface area contributed by atoms with Crippen molar-refractivity contribution < 1.29 is 4.79 Å². The van der Waals surface area contributed by atoms with E-state index in [0.29, 0.717) is 17.9 Å². The van der Waals surface area contributed by atoms with Crippen molar-refractivity contribution in [1.82, 2.24) is 5.32 Å². The summed E-state index contributed by atoms with van der Waals surface area (Å²) < 4.78 is 0. The van der Waals surface area contributed by atoms with Crippen molar-refractivity contribution in [2.45, 2.75) is 31.7 Å². The van der Waals surface area contributed by atoms with E-state index >= 15 is 0 Å². The molecule has 2 aliphatic rings. The molecule has 3 atom stereocenters. The molecule has 1 heterocycles. The van der Waals surface area contributed by atoms with Crippen molar-refractivity contribution in [1.29, 1.82) is 0 Å². The lowest BCUT2D eigenvalue weighted by atomic mass is 9.84. The maximum absolute atomic E-state index is 10.7. The first kappa shape index (κ1) is 7.29. The minimum atomic E-state index is 0.365. The van der Waals surface area contributed by atoms with Gasteiger partial charge in [0.25, 0.3) is 0 Å². The molecule has 1 saturated carbocycles. The van der Waals surface area contributed by atoms with Gasteiger partial charge in [0, 0.05) is 12.0 Å². The van der Waals surface area contributed by atoms with Crippen LogP contribution in [-0.4, -0.2) is 18.9 Å². The highest BCUT2D eigenvalue weighted by molar-refractivity contribution is 5.54. The molecule has 62 valence electrons. The third kappa shape index (κ3) is 1.20. The van der Waals surface area contributed by atoms with Crippen LogP contribution < -0.4 is 5.32 Å². The van der Waals surface area contributed by atoms with Gasteiger partial charge < -0.3 is 10.1 Å². The Morgan fingerprint density at radius 3 is 3.00 bits per heavy atom. The van der Waals surface area contributed by atoms with Gasteiger partial charge in [-0.3, -0.25) is 0 Å². The molecule has 2 heteroatoms. The van der Waals surface area contributed by atoms with Crippen LogP contribution in [0.3, 0.4) is 0 Å². The second kappa shape index (κ2) is 2.94. The molecular weight excluding hydrogens is 138 g/mol. The van der Waals surface area contributed by atoms with Gasteiger partial charge in [-0.2, -0.15) is 0 Å². The Bertz CT molecular complexity index is 158. The highest BCUT2D eigenvalue weighted by Crippen LogP contribution is 2.34. The van der Waals surface area contributed by atoms with Crippen LogP contribution in [0.4, 0.5) is 0 Å². The zero-order valence-electron chi connectivity index (χ0n) is 6.75. The number of piperidine rings is 1. The molecule has 0 bridgehead atoms. The van der Waals surface area contributed by atoms with Gasteiger partial charge in [-0.1, -0.05) is 6.42 Å². The molecule has 0 spiro atoms. The van der Waals surface area contributed by atoms with Crippen molar-refractivity contribution in [2.24, 2.45) is 11.8 Å². The van der Waals surface area contributed by atoms with E-state index in [1.165, 1.54) is 25.5 Å². The van der Waals surface area contributed by atoms with Crippen LogP contribution in [0.25, 0.3) is 0 Å². The predicted octanol–water partition coefficient (Wildman–Crippen LogP) is 0.964. The molecular formula is C9H15NO.